The molecule has 1 aromatic heterocycles. The van der Waals surface area contributed by atoms with Crippen molar-refractivity contribution < 1.29 is 0 Å². The predicted molar refractivity (Wildman–Crippen MR) is 41.1 cm³/mol. The van der Waals surface area contributed by atoms with Crippen LogP contribution in [-0.4, -0.2) is 10.2 Å². The van der Waals surface area contributed by atoms with Crippen LogP contribution in [0.4, 0.5) is 0 Å². The van der Waals surface area contributed by atoms with Crippen LogP contribution in [0.5, 0.6) is 0 Å². The van der Waals surface area contributed by atoms with E-state index in [0.29, 0.717) is 10.8 Å². The van der Waals surface area contributed by atoms with Crippen LogP contribution in [0.2, 0.25) is 5.15 Å². The lowest BCUT2D eigenvalue weighted by molar-refractivity contribution is 0.940. The summed E-state index contributed by atoms with van der Waals surface area (Å²) in [7, 11) is 0. The minimum atomic E-state index is 0.283. The molecule has 0 spiro atoms. The van der Waals surface area contributed by atoms with E-state index < -0.39 is 0 Å². The van der Waals surface area contributed by atoms with Crippen molar-refractivity contribution in [3.63, 3.8) is 0 Å². The first kappa shape index (κ1) is 7.96. The molecule has 0 N–H and O–H groups in total. The van der Waals surface area contributed by atoms with E-state index in [1.165, 1.54) is 0 Å². The molecule has 1 aromatic rings. The molecule has 0 aromatic carbocycles. The van der Waals surface area contributed by atoms with Gasteiger partial charge in [-0.1, -0.05) is 11.6 Å². The lowest BCUT2D eigenvalue weighted by Gasteiger charge is -1.95. The molecule has 0 bridgehead atoms. The smallest absolute Gasteiger partial charge is 0.154 e. The Bertz CT molecular complexity index is 303. The number of rotatable bonds is 1. The summed E-state index contributed by atoms with van der Waals surface area (Å²) in [6.07, 6.45) is 0.283. The Morgan fingerprint density at radius 1 is 1.64 bits per heavy atom. The second kappa shape index (κ2) is 3.31. The number of nitriles is 1. The van der Waals surface area contributed by atoms with E-state index in [4.69, 9.17) is 16.9 Å². The lowest BCUT2D eigenvalue weighted by atomic mass is 10.2. The minimum absolute atomic E-state index is 0.283. The molecule has 11 heavy (non-hydrogen) atoms. The second-order valence-electron chi connectivity index (χ2n) is 2.14. The first-order valence-electron chi connectivity index (χ1n) is 3.09. The van der Waals surface area contributed by atoms with E-state index in [0.717, 1.165) is 5.56 Å². The Morgan fingerprint density at radius 2 is 2.36 bits per heavy atom. The number of nitrogens with zero attached hydrogens (tertiary/aromatic N) is 3. The van der Waals surface area contributed by atoms with Crippen LogP contribution in [0.1, 0.15) is 11.3 Å². The van der Waals surface area contributed by atoms with Crippen LogP contribution < -0.4 is 0 Å². The van der Waals surface area contributed by atoms with Gasteiger partial charge in [-0.05, 0) is 18.6 Å². The largest absolute Gasteiger partial charge is 0.198 e. The van der Waals surface area contributed by atoms with E-state index in [1.54, 1.807) is 6.07 Å². The maximum Gasteiger partial charge on any atom is 0.154 e. The van der Waals surface area contributed by atoms with Crippen LogP contribution >= 0.6 is 11.6 Å². The molecule has 56 valence electrons. The fraction of sp³-hybridized carbons (Fsp3) is 0.286. The SMILES string of the molecule is Cc1cc(CC#N)nnc1Cl. The monoisotopic (exact) mass is 167 g/mol. The molecule has 0 amide bonds. The van der Waals surface area contributed by atoms with Crippen molar-refractivity contribution in [3.8, 4) is 6.07 Å². The molecule has 0 saturated carbocycles. The van der Waals surface area contributed by atoms with Gasteiger partial charge in [-0.15, -0.1) is 5.10 Å². The van der Waals surface area contributed by atoms with E-state index in [9.17, 15) is 0 Å². The van der Waals surface area contributed by atoms with Gasteiger partial charge in [0.05, 0.1) is 18.2 Å². The molecule has 3 nitrogen and oxygen atoms in total. The Balaban J connectivity index is 2.98. The average molecular weight is 168 g/mol. The second-order valence-corrected chi connectivity index (χ2v) is 2.50. The molecule has 0 aliphatic carbocycles. The molecule has 0 aliphatic heterocycles. The van der Waals surface area contributed by atoms with Gasteiger partial charge >= 0.3 is 0 Å². The number of halogens is 1. The van der Waals surface area contributed by atoms with Gasteiger partial charge < -0.3 is 0 Å². The third kappa shape index (κ3) is 1.89. The fourth-order valence-electron chi connectivity index (χ4n) is 0.693. The summed E-state index contributed by atoms with van der Waals surface area (Å²) >= 11 is 5.62. The highest BCUT2D eigenvalue weighted by atomic mass is 35.5. The number of aromatic nitrogens is 2. The zero-order valence-corrected chi connectivity index (χ0v) is 6.76. The number of hydrogen-bond donors (Lipinski definition) is 0. The van der Waals surface area contributed by atoms with Gasteiger partial charge in [0, 0.05) is 0 Å². The fourth-order valence-corrected chi connectivity index (χ4v) is 0.785. The zero-order chi connectivity index (χ0) is 8.27. The van der Waals surface area contributed by atoms with Gasteiger partial charge in [-0.2, -0.15) is 10.4 Å². The molecule has 0 aliphatic rings. The summed E-state index contributed by atoms with van der Waals surface area (Å²) < 4.78 is 0. The third-order valence-electron chi connectivity index (χ3n) is 1.23. The summed E-state index contributed by atoms with van der Waals surface area (Å²) in [6, 6.07) is 3.75. The number of aryl methyl sites for hydroxylation is 1. The standard InChI is InChI=1S/C7H6ClN3/c1-5-4-6(2-3-9)10-11-7(5)8/h4H,2H2,1H3. The quantitative estimate of drug-likeness (QED) is 0.637. The van der Waals surface area contributed by atoms with Crippen molar-refractivity contribution in [2.75, 3.05) is 0 Å². The highest BCUT2D eigenvalue weighted by Gasteiger charge is 1.99. The highest BCUT2D eigenvalue weighted by Crippen LogP contribution is 2.10. The Morgan fingerprint density at radius 3 is 2.91 bits per heavy atom. The van der Waals surface area contributed by atoms with Crippen molar-refractivity contribution in [2.45, 2.75) is 13.3 Å². The van der Waals surface area contributed by atoms with Crippen LogP contribution in [0, 0.1) is 18.3 Å². The minimum Gasteiger partial charge on any atom is -0.198 e. The van der Waals surface area contributed by atoms with Crippen molar-refractivity contribution in [1.29, 1.82) is 5.26 Å². The van der Waals surface area contributed by atoms with E-state index >= 15 is 0 Å². The maximum absolute atomic E-state index is 8.33. The summed E-state index contributed by atoms with van der Waals surface area (Å²) in [5, 5.41) is 16.1. The van der Waals surface area contributed by atoms with Gasteiger partial charge in [-0.3, -0.25) is 0 Å². The Hall–Kier alpha value is -1.14. The van der Waals surface area contributed by atoms with Crippen LogP contribution in [-0.2, 0) is 6.42 Å². The topological polar surface area (TPSA) is 49.6 Å². The molecule has 4 heteroatoms. The molecule has 0 radical (unpaired) electrons. The molecular formula is C7H6ClN3. The highest BCUT2D eigenvalue weighted by molar-refractivity contribution is 6.30. The van der Waals surface area contributed by atoms with Crippen molar-refractivity contribution in [2.24, 2.45) is 0 Å². The molecule has 0 unspecified atom stereocenters. The summed E-state index contributed by atoms with van der Waals surface area (Å²) in [4.78, 5) is 0. The first-order valence-corrected chi connectivity index (χ1v) is 3.47. The van der Waals surface area contributed by atoms with Crippen molar-refractivity contribution in [1.82, 2.24) is 10.2 Å². The Kier molecular flexibility index (Phi) is 2.40. The van der Waals surface area contributed by atoms with E-state index in [1.807, 2.05) is 13.0 Å². The normalized spacial score (nSPS) is 9.18. The van der Waals surface area contributed by atoms with Crippen LogP contribution in [0.3, 0.4) is 0 Å². The van der Waals surface area contributed by atoms with Crippen molar-refractivity contribution in [3.05, 3.63) is 22.5 Å². The van der Waals surface area contributed by atoms with Crippen LogP contribution in [0.25, 0.3) is 0 Å². The van der Waals surface area contributed by atoms with E-state index in [2.05, 4.69) is 10.2 Å². The molecule has 0 saturated heterocycles. The van der Waals surface area contributed by atoms with Gasteiger partial charge in [0.2, 0.25) is 0 Å². The zero-order valence-electron chi connectivity index (χ0n) is 6.00. The lowest BCUT2D eigenvalue weighted by Crippen LogP contribution is -1.93. The average Bonchev–Trinajstić information content (AvgIpc) is 1.98. The Labute approximate surface area is 69.6 Å². The van der Waals surface area contributed by atoms with Gasteiger partial charge in [0.25, 0.3) is 0 Å². The maximum atomic E-state index is 8.33. The molecule has 0 atom stereocenters. The van der Waals surface area contributed by atoms with E-state index in [-0.39, 0.29) is 6.42 Å². The van der Waals surface area contributed by atoms with Crippen LogP contribution in [0.15, 0.2) is 6.07 Å². The first-order chi connectivity index (χ1) is 5.24. The molecule has 0 fully saturated rings. The van der Waals surface area contributed by atoms with Gasteiger partial charge in [0.1, 0.15) is 0 Å². The van der Waals surface area contributed by atoms with Crippen molar-refractivity contribution >= 4 is 11.6 Å². The van der Waals surface area contributed by atoms with Gasteiger partial charge in [-0.25, -0.2) is 0 Å². The number of hydrogen-bond acceptors (Lipinski definition) is 3. The summed E-state index contributed by atoms with van der Waals surface area (Å²) in [5.41, 5.74) is 1.52. The third-order valence-corrected chi connectivity index (χ3v) is 1.61. The molecule has 1 rings (SSSR count). The predicted octanol–water partition coefficient (Wildman–Crippen LogP) is 1.50. The summed E-state index contributed by atoms with van der Waals surface area (Å²) in [6.45, 7) is 1.83. The summed E-state index contributed by atoms with van der Waals surface area (Å²) in [5.74, 6) is 0. The molecular weight excluding hydrogens is 162 g/mol. The molecule has 1 heterocycles. The van der Waals surface area contributed by atoms with Gasteiger partial charge in [0.15, 0.2) is 5.15 Å².